The van der Waals surface area contributed by atoms with Crippen LogP contribution in [0.5, 0.6) is 0 Å². The van der Waals surface area contributed by atoms with Crippen molar-refractivity contribution in [3.63, 3.8) is 0 Å². The normalized spacial score (nSPS) is 12.9. The molecule has 0 spiro atoms. The molecule has 0 bridgehead atoms. The molecule has 1 unspecified atom stereocenters. The SMILES string of the molecule is CCN(CC(C)C)c1cc(C)c(F)cc1C(C)O. The molecule has 102 valence electrons. The van der Waals surface area contributed by atoms with Crippen molar-refractivity contribution in [2.24, 2.45) is 5.92 Å². The molecular formula is C15H24FNO. The van der Waals surface area contributed by atoms with Gasteiger partial charge in [0.25, 0.3) is 0 Å². The predicted octanol–water partition coefficient (Wildman–Crippen LogP) is 3.67. The van der Waals surface area contributed by atoms with Crippen molar-refractivity contribution in [3.05, 3.63) is 29.1 Å². The summed E-state index contributed by atoms with van der Waals surface area (Å²) in [5, 5.41) is 9.81. The fourth-order valence-corrected chi connectivity index (χ4v) is 2.13. The first-order chi connectivity index (χ1) is 8.36. The van der Waals surface area contributed by atoms with Crippen LogP contribution in [0.25, 0.3) is 0 Å². The van der Waals surface area contributed by atoms with Gasteiger partial charge in [-0.3, -0.25) is 0 Å². The van der Waals surface area contributed by atoms with Crippen LogP contribution in [0.4, 0.5) is 10.1 Å². The molecule has 0 aliphatic rings. The molecule has 0 fully saturated rings. The van der Waals surface area contributed by atoms with E-state index < -0.39 is 6.10 Å². The zero-order chi connectivity index (χ0) is 13.9. The van der Waals surface area contributed by atoms with Gasteiger partial charge in [-0.2, -0.15) is 0 Å². The first kappa shape index (κ1) is 15.0. The Morgan fingerprint density at radius 2 is 1.89 bits per heavy atom. The summed E-state index contributed by atoms with van der Waals surface area (Å²) in [6.45, 7) is 11.6. The van der Waals surface area contributed by atoms with Crippen LogP contribution in [0.3, 0.4) is 0 Å². The monoisotopic (exact) mass is 253 g/mol. The number of aliphatic hydroxyl groups excluding tert-OH is 1. The number of aliphatic hydroxyl groups is 1. The Morgan fingerprint density at radius 1 is 1.28 bits per heavy atom. The lowest BCUT2D eigenvalue weighted by Crippen LogP contribution is -2.28. The highest BCUT2D eigenvalue weighted by molar-refractivity contribution is 5.56. The highest BCUT2D eigenvalue weighted by Gasteiger charge is 2.16. The molecule has 0 heterocycles. The summed E-state index contributed by atoms with van der Waals surface area (Å²) in [6.07, 6.45) is -0.656. The molecule has 0 aliphatic carbocycles. The highest BCUT2D eigenvalue weighted by atomic mass is 19.1. The first-order valence-corrected chi connectivity index (χ1v) is 6.59. The molecule has 3 heteroatoms. The molecule has 0 saturated carbocycles. The summed E-state index contributed by atoms with van der Waals surface area (Å²) in [6, 6.07) is 3.29. The van der Waals surface area contributed by atoms with E-state index >= 15 is 0 Å². The Balaban J connectivity index is 3.22. The Hall–Kier alpha value is -1.09. The van der Waals surface area contributed by atoms with E-state index in [1.807, 2.05) is 6.07 Å². The molecule has 1 aromatic rings. The zero-order valence-electron chi connectivity index (χ0n) is 12.0. The van der Waals surface area contributed by atoms with Gasteiger partial charge in [0.2, 0.25) is 0 Å². The second-order valence-corrected chi connectivity index (χ2v) is 5.27. The molecule has 0 amide bonds. The average Bonchev–Trinajstić information content (AvgIpc) is 2.28. The predicted molar refractivity (Wildman–Crippen MR) is 74.5 cm³/mol. The third-order valence-electron chi connectivity index (χ3n) is 3.07. The maximum Gasteiger partial charge on any atom is 0.126 e. The molecule has 18 heavy (non-hydrogen) atoms. The average molecular weight is 253 g/mol. The lowest BCUT2D eigenvalue weighted by atomic mass is 10.0. The minimum absolute atomic E-state index is 0.254. The Labute approximate surface area is 109 Å². The summed E-state index contributed by atoms with van der Waals surface area (Å²) >= 11 is 0. The molecular weight excluding hydrogens is 229 g/mol. The Morgan fingerprint density at radius 3 is 2.33 bits per heavy atom. The van der Waals surface area contributed by atoms with Crippen LogP contribution in [-0.4, -0.2) is 18.2 Å². The van der Waals surface area contributed by atoms with Gasteiger partial charge < -0.3 is 10.0 Å². The number of nitrogens with zero attached hydrogens (tertiary/aromatic N) is 1. The van der Waals surface area contributed by atoms with E-state index in [9.17, 15) is 9.50 Å². The topological polar surface area (TPSA) is 23.5 Å². The highest BCUT2D eigenvalue weighted by Crippen LogP contribution is 2.29. The van der Waals surface area contributed by atoms with Crippen LogP contribution in [0, 0.1) is 18.7 Å². The molecule has 2 nitrogen and oxygen atoms in total. The summed E-state index contributed by atoms with van der Waals surface area (Å²) in [4.78, 5) is 2.19. The van der Waals surface area contributed by atoms with Crippen molar-refractivity contribution in [2.45, 2.75) is 40.7 Å². The van der Waals surface area contributed by atoms with Crippen LogP contribution >= 0.6 is 0 Å². The van der Waals surface area contributed by atoms with Crippen molar-refractivity contribution in [1.29, 1.82) is 0 Å². The van der Waals surface area contributed by atoms with Crippen molar-refractivity contribution in [1.82, 2.24) is 0 Å². The summed E-state index contributed by atoms with van der Waals surface area (Å²) in [5.41, 5.74) is 2.23. The summed E-state index contributed by atoms with van der Waals surface area (Å²) < 4.78 is 13.6. The number of hydrogen-bond donors (Lipinski definition) is 1. The molecule has 1 aromatic carbocycles. The first-order valence-electron chi connectivity index (χ1n) is 6.59. The number of benzene rings is 1. The van der Waals surface area contributed by atoms with Crippen molar-refractivity contribution < 1.29 is 9.50 Å². The fourth-order valence-electron chi connectivity index (χ4n) is 2.13. The lowest BCUT2D eigenvalue weighted by molar-refractivity contribution is 0.199. The molecule has 0 aromatic heterocycles. The third-order valence-corrected chi connectivity index (χ3v) is 3.07. The maximum absolute atomic E-state index is 13.6. The van der Waals surface area contributed by atoms with Crippen molar-refractivity contribution in [3.8, 4) is 0 Å². The van der Waals surface area contributed by atoms with Crippen LogP contribution in [0.15, 0.2) is 12.1 Å². The van der Waals surface area contributed by atoms with Crippen LogP contribution in [0.2, 0.25) is 0 Å². The summed E-state index contributed by atoms with van der Waals surface area (Å²) in [7, 11) is 0. The van der Waals surface area contributed by atoms with Gasteiger partial charge in [-0.05, 0) is 44.4 Å². The van der Waals surface area contributed by atoms with Gasteiger partial charge in [-0.1, -0.05) is 13.8 Å². The van der Waals surface area contributed by atoms with E-state index in [1.54, 1.807) is 13.8 Å². The Bertz CT molecular complexity index is 402. The van der Waals surface area contributed by atoms with E-state index in [1.165, 1.54) is 6.07 Å². The van der Waals surface area contributed by atoms with Crippen molar-refractivity contribution >= 4 is 5.69 Å². The number of aryl methyl sites for hydroxylation is 1. The van der Waals surface area contributed by atoms with Gasteiger partial charge in [0.1, 0.15) is 5.82 Å². The smallest absolute Gasteiger partial charge is 0.126 e. The number of anilines is 1. The standard InChI is InChI=1S/C15H24FNO/c1-6-17(9-10(2)3)15-7-11(4)14(16)8-13(15)12(5)18/h7-8,10,12,18H,6,9H2,1-5H3. The molecule has 1 atom stereocenters. The van der Waals surface area contributed by atoms with E-state index in [0.29, 0.717) is 17.0 Å². The van der Waals surface area contributed by atoms with Gasteiger partial charge in [-0.15, -0.1) is 0 Å². The van der Waals surface area contributed by atoms with Crippen LogP contribution in [-0.2, 0) is 0 Å². The van der Waals surface area contributed by atoms with Gasteiger partial charge in [-0.25, -0.2) is 4.39 Å². The second-order valence-electron chi connectivity index (χ2n) is 5.27. The molecule has 0 saturated heterocycles. The molecule has 0 aliphatic heterocycles. The lowest BCUT2D eigenvalue weighted by Gasteiger charge is -2.29. The number of rotatable bonds is 5. The van der Waals surface area contributed by atoms with E-state index in [2.05, 4.69) is 25.7 Å². The van der Waals surface area contributed by atoms with E-state index in [0.717, 1.165) is 18.8 Å². The zero-order valence-corrected chi connectivity index (χ0v) is 12.0. The second kappa shape index (κ2) is 6.19. The molecule has 0 radical (unpaired) electrons. The van der Waals surface area contributed by atoms with Crippen molar-refractivity contribution in [2.75, 3.05) is 18.0 Å². The molecule has 1 rings (SSSR count). The van der Waals surface area contributed by atoms with E-state index in [4.69, 9.17) is 0 Å². The van der Waals surface area contributed by atoms with E-state index in [-0.39, 0.29) is 5.82 Å². The largest absolute Gasteiger partial charge is 0.389 e. The fraction of sp³-hybridized carbons (Fsp3) is 0.600. The van der Waals surface area contributed by atoms with Gasteiger partial charge in [0.05, 0.1) is 6.10 Å². The van der Waals surface area contributed by atoms with Crippen LogP contribution < -0.4 is 4.90 Å². The maximum atomic E-state index is 13.6. The van der Waals surface area contributed by atoms with Gasteiger partial charge >= 0.3 is 0 Å². The third kappa shape index (κ3) is 3.45. The number of halogens is 1. The number of hydrogen-bond acceptors (Lipinski definition) is 2. The molecule has 1 N–H and O–H groups in total. The van der Waals surface area contributed by atoms with Gasteiger partial charge in [0, 0.05) is 24.3 Å². The van der Waals surface area contributed by atoms with Crippen LogP contribution in [0.1, 0.15) is 44.9 Å². The van der Waals surface area contributed by atoms with Gasteiger partial charge in [0.15, 0.2) is 0 Å². The summed E-state index contributed by atoms with van der Waals surface area (Å²) in [5.74, 6) is 0.271. The Kier molecular flexibility index (Phi) is 5.15. The minimum Gasteiger partial charge on any atom is -0.389 e. The quantitative estimate of drug-likeness (QED) is 0.865. The minimum atomic E-state index is -0.656.